The molecule has 3 heterocycles. The zero-order chi connectivity index (χ0) is 21.5. The molecule has 1 aliphatic rings. The van der Waals surface area contributed by atoms with Crippen molar-refractivity contribution in [3.05, 3.63) is 69.4 Å². The molecule has 0 unspecified atom stereocenters. The van der Waals surface area contributed by atoms with Crippen LogP contribution in [0.2, 0.25) is 5.15 Å². The first-order chi connectivity index (χ1) is 14.2. The van der Waals surface area contributed by atoms with Gasteiger partial charge in [0.1, 0.15) is 23.3 Å². The minimum atomic E-state index is -0.908. The molecular formula is C20H17ClF2N4O3. The molecule has 1 N–H and O–H groups in total. The first-order valence-corrected chi connectivity index (χ1v) is 9.38. The molecule has 0 radical (unpaired) electrons. The van der Waals surface area contributed by atoms with Gasteiger partial charge in [0.2, 0.25) is 5.88 Å². The quantitative estimate of drug-likeness (QED) is 0.608. The van der Waals surface area contributed by atoms with Gasteiger partial charge in [-0.1, -0.05) is 11.6 Å². The Morgan fingerprint density at radius 1 is 1.23 bits per heavy atom. The van der Waals surface area contributed by atoms with Gasteiger partial charge in [-0.2, -0.15) is 4.98 Å². The highest BCUT2D eigenvalue weighted by molar-refractivity contribution is 6.29. The van der Waals surface area contributed by atoms with Gasteiger partial charge in [0.25, 0.3) is 0 Å². The summed E-state index contributed by atoms with van der Waals surface area (Å²) in [6.45, 7) is 4.20. The van der Waals surface area contributed by atoms with E-state index in [-0.39, 0.29) is 34.5 Å². The normalized spacial score (nSPS) is 14.2. The highest BCUT2D eigenvalue weighted by Gasteiger charge is 2.29. The van der Waals surface area contributed by atoms with Gasteiger partial charge < -0.3 is 14.8 Å². The molecule has 0 saturated heterocycles. The minimum Gasteiger partial charge on any atom is -0.473 e. The van der Waals surface area contributed by atoms with Crippen molar-refractivity contribution in [2.45, 2.75) is 32.5 Å². The van der Waals surface area contributed by atoms with Crippen molar-refractivity contribution in [2.24, 2.45) is 0 Å². The van der Waals surface area contributed by atoms with E-state index in [1.165, 1.54) is 22.9 Å². The number of anilines is 1. The molecular weight excluding hydrogens is 418 g/mol. The number of pyridine rings is 1. The lowest BCUT2D eigenvalue weighted by molar-refractivity contribution is 0.289. The van der Waals surface area contributed by atoms with Gasteiger partial charge in [-0.3, -0.25) is 4.57 Å². The van der Waals surface area contributed by atoms with Gasteiger partial charge in [-0.05, 0) is 43.7 Å². The third-order valence-electron chi connectivity index (χ3n) is 4.37. The van der Waals surface area contributed by atoms with E-state index >= 15 is 0 Å². The zero-order valence-corrected chi connectivity index (χ0v) is 16.8. The minimum absolute atomic E-state index is 0.0600. The van der Waals surface area contributed by atoms with Crippen molar-refractivity contribution in [3.63, 3.8) is 0 Å². The van der Waals surface area contributed by atoms with Crippen LogP contribution in [0.5, 0.6) is 17.4 Å². The maximum Gasteiger partial charge on any atom is 0.352 e. The Labute approximate surface area is 175 Å². The summed E-state index contributed by atoms with van der Waals surface area (Å²) in [6.07, 6.45) is 1.26. The molecule has 30 heavy (non-hydrogen) atoms. The van der Waals surface area contributed by atoms with E-state index in [1.54, 1.807) is 6.07 Å². The van der Waals surface area contributed by atoms with Gasteiger partial charge in [-0.15, -0.1) is 0 Å². The standard InChI is InChI=1S/C20H17ClF2N4O3/c1-20(2)10-27-16(26-20)7-17(25-19(27)28)29-9-11-5-13(22)18(14(23)6-11)30-12-3-4-15(21)24-8-12/h3-8,26H,9-10H2,1-2H3. The maximum atomic E-state index is 14.4. The van der Waals surface area contributed by atoms with Crippen LogP contribution in [0.25, 0.3) is 0 Å². The smallest absolute Gasteiger partial charge is 0.352 e. The molecule has 156 valence electrons. The summed E-state index contributed by atoms with van der Waals surface area (Å²) in [5.74, 6) is -1.61. The predicted molar refractivity (Wildman–Crippen MR) is 106 cm³/mol. The van der Waals surface area contributed by atoms with E-state index < -0.39 is 23.1 Å². The summed E-state index contributed by atoms with van der Waals surface area (Å²) in [6, 6.07) is 6.64. The number of hydrogen-bond donors (Lipinski definition) is 1. The van der Waals surface area contributed by atoms with Crippen LogP contribution in [0.15, 0.2) is 41.3 Å². The topological polar surface area (TPSA) is 78.3 Å². The average Bonchev–Trinajstić information content (AvgIpc) is 2.99. The van der Waals surface area contributed by atoms with E-state index in [4.69, 9.17) is 21.1 Å². The second-order valence-electron chi connectivity index (χ2n) is 7.45. The molecule has 0 spiro atoms. The van der Waals surface area contributed by atoms with E-state index in [9.17, 15) is 13.6 Å². The number of fused-ring (bicyclic) bond motifs is 1. The van der Waals surface area contributed by atoms with Gasteiger partial charge >= 0.3 is 5.69 Å². The summed E-state index contributed by atoms with van der Waals surface area (Å²) in [4.78, 5) is 19.8. The van der Waals surface area contributed by atoms with E-state index in [1.807, 2.05) is 13.8 Å². The summed E-state index contributed by atoms with van der Waals surface area (Å²) in [7, 11) is 0. The van der Waals surface area contributed by atoms with Crippen LogP contribution in [-0.2, 0) is 13.2 Å². The highest BCUT2D eigenvalue weighted by atomic mass is 35.5. The fourth-order valence-electron chi connectivity index (χ4n) is 3.09. The van der Waals surface area contributed by atoms with Gasteiger partial charge in [0.05, 0.1) is 18.3 Å². The second-order valence-corrected chi connectivity index (χ2v) is 7.84. The van der Waals surface area contributed by atoms with E-state index in [0.29, 0.717) is 12.4 Å². The van der Waals surface area contributed by atoms with Crippen LogP contribution >= 0.6 is 11.6 Å². The SMILES string of the molecule is CC1(C)Cn2c(cc(OCc3cc(F)c(Oc4ccc(Cl)nc4)c(F)c3)nc2=O)N1. The van der Waals surface area contributed by atoms with Crippen molar-refractivity contribution in [3.8, 4) is 17.4 Å². The Kier molecular flexibility index (Phi) is 5.07. The largest absolute Gasteiger partial charge is 0.473 e. The van der Waals surface area contributed by atoms with Crippen LogP contribution in [-0.4, -0.2) is 20.1 Å². The van der Waals surface area contributed by atoms with Crippen molar-refractivity contribution in [1.82, 2.24) is 14.5 Å². The Morgan fingerprint density at radius 3 is 2.63 bits per heavy atom. The molecule has 2 aromatic heterocycles. The Bertz CT molecular complexity index is 1140. The second kappa shape index (κ2) is 7.56. The molecule has 0 saturated carbocycles. The third kappa shape index (κ3) is 4.20. The number of nitrogens with zero attached hydrogens (tertiary/aromatic N) is 3. The Morgan fingerprint density at radius 2 is 1.97 bits per heavy atom. The summed E-state index contributed by atoms with van der Waals surface area (Å²) in [5.41, 5.74) is -0.533. The summed E-state index contributed by atoms with van der Waals surface area (Å²) < 4.78 is 41.0. The number of nitrogens with one attached hydrogen (secondary N) is 1. The number of hydrogen-bond acceptors (Lipinski definition) is 6. The third-order valence-corrected chi connectivity index (χ3v) is 4.60. The van der Waals surface area contributed by atoms with Crippen LogP contribution in [0.4, 0.5) is 14.6 Å². The lowest BCUT2D eigenvalue weighted by Crippen LogP contribution is -2.30. The molecule has 3 aromatic rings. The molecule has 4 rings (SSSR count). The number of halogens is 3. The Balaban J connectivity index is 1.49. The first kappa shape index (κ1) is 20.1. The van der Waals surface area contributed by atoms with Crippen molar-refractivity contribution in [2.75, 3.05) is 5.32 Å². The van der Waals surface area contributed by atoms with Crippen molar-refractivity contribution < 1.29 is 18.3 Å². The molecule has 0 fully saturated rings. The molecule has 10 heteroatoms. The van der Waals surface area contributed by atoms with Crippen molar-refractivity contribution in [1.29, 1.82) is 0 Å². The maximum absolute atomic E-state index is 14.4. The number of benzene rings is 1. The van der Waals surface area contributed by atoms with Crippen LogP contribution in [0.3, 0.4) is 0 Å². The number of rotatable bonds is 5. The summed E-state index contributed by atoms with van der Waals surface area (Å²) >= 11 is 5.68. The van der Waals surface area contributed by atoms with Gasteiger partial charge in [-0.25, -0.2) is 18.6 Å². The fourth-order valence-corrected chi connectivity index (χ4v) is 3.20. The highest BCUT2D eigenvalue weighted by Crippen LogP contribution is 2.30. The molecule has 0 amide bonds. The molecule has 1 aromatic carbocycles. The van der Waals surface area contributed by atoms with Crippen molar-refractivity contribution >= 4 is 17.4 Å². The number of aromatic nitrogens is 3. The molecule has 0 atom stereocenters. The van der Waals surface area contributed by atoms with Crippen LogP contribution in [0, 0.1) is 11.6 Å². The zero-order valence-electron chi connectivity index (χ0n) is 16.1. The average molecular weight is 435 g/mol. The lowest BCUT2D eigenvalue weighted by atomic mass is 10.1. The number of ether oxygens (including phenoxy) is 2. The molecule has 1 aliphatic heterocycles. The van der Waals surface area contributed by atoms with E-state index in [0.717, 1.165) is 12.1 Å². The monoisotopic (exact) mass is 434 g/mol. The molecule has 7 nitrogen and oxygen atoms in total. The molecule has 0 aliphatic carbocycles. The predicted octanol–water partition coefficient (Wildman–Crippen LogP) is 4.15. The van der Waals surface area contributed by atoms with Gasteiger partial charge in [0, 0.05) is 6.07 Å². The molecule has 0 bridgehead atoms. The lowest BCUT2D eigenvalue weighted by Gasteiger charge is -2.16. The van der Waals surface area contributed by atoms with E-state index in [2.05, 4.69) is 15.3 Å². The van der Waals surface area contributed by atoms with Crippen LogP contribution < -0.4 is 20.5 Å². The van der Waals surface area contributed by atoms with Crippen LogP contribution in [0.1, 0.15) is 19.4 Å². The van der Waals surface area contributed by atoms with Gasteiger partial charge in [0.15, 0.2) is 17.4 Å². The fraction of sp³-hybridized carbons (Fsp3) is 0.250. The first-order valence-electron chi connectivity index (χ1n) is 9.00. The Hall–Kier alpha value is -3.20. The summed E-state index contributed by atoms with van der Waals surface area (Å²) in [5, 5.41) is 3.43.